The lowest BCUT2D eigenvalue weighted by Gasteiger charge is -2.08. The summed E-state index contributed by atoms with van der Waals surface area (Å²) < 4.78 is 24.5. The predicted octanol–water partition coefficient (Wildman–Crippen LogP) is -0.0667. The average molecular weight is 244 g/mol. The van der Waals surface area contributed by atoms with E-state index in [1.54, 1.807) is 12.1 Å². The molecule has 4 N–H and O–H groups in total. The van der Waals surface area contributed by atoms with Gasteiger partial charge in [-0.15, -0.1) is 0 Å². The highest BCUT2D eigenvalue weighted by Crippen LogP contribution is 2.14. The van der Waals surface area contributed by atoms with Crippen LogP contribution in [0.25, 0.3) is 0 Å². The molecule has 1 rings (SSSR count). The van der Waals surface area contributed by atoms with Crippen molar-refractivity contribution in [2.45, 2.75) is 6.92 Å². The van der Waals surface area contributed by atoms with Crippen LogP contribution in [-0.4, -0.2) is 32.7 Å². The second-order valence-corrected chi connectivity index (χ2v) is 5.39. The van der Waals surface area contributed by atoms with E-state index in [1.807, 2.05) is 6.92 Å². The molecule has 0 saturated carbocycles. The van der Waals surface area contributed by atoms with Gasteiger partial charge in [0.05, 0.1) is 11.4 Å². The van der Waals surface area contributed by atoms with E-state index in [0.29, 0.717) is 11.5 Å². The number of hydrogen-bond acceptors (Lipinski definition) is 5. The van der Waals surface area contributed by atoms with Crippen molar-refractivity contribution in [2.24, 2.45) is 0 Å². The van der Waals surface area contributed by atoms with E-state index in [1.165, 1.54) is 7.05 Å². The predicted molar refractivity (Wildman–Crippen MR) is 64.7 cm³/mol. The minimum atomic E-state index is -3.19. The smallest absolute Gasteiger partial charge is 0.213 e. The molecule has 7 heteroatoms. The molecule has 0 aromatic carbocycles. The Labute approximate surface area is 95.3 Å². The van der Waals surface area contributed by atoms with Gasteiger partial charge in [0.25, 0.3) is 0 Å². The van der Waals surface area contributed by atoms with Gasteiger partial charge in [-0.25, -0.2) is 18.1 Å². The zero-order valence-electron chi connectivity index (χ0n) is 9.32. The second kappa shape index (κ2) is 5.13. The third kappa shape index (κ3) is 3.67. The van der Waals surface area contributed by atoms with Crippen LogP contribution >= 0.6 is 0 Å². The lowest BCUT2D eigenvalue weighted by molar-refractivity contribution is 0.588. The Morgan fingerprint density at radius 1 is 1.44 bits per heavy atom. The van der Waals surface area contributed by atoms with Crippen molar-refractivity contribution >= 4 is 21.5 Å². The van der Waals surface area contributed by atoms with Crippen molar-refractivity contribution in [3.05, 3.63) is 17.8 Å². The lowest BCUT2D eigenvalue weighted by Crippen LogP contribution is -2.26. The van der Waals surface area contributed by atoms with Crippen LogP contribution in [0.1, 0.15) is 5.69 Å². The van der Waals surface area contributed by atoms with E-state index < -0.39 is 10.0 Å². The van der Waals surface area contributed by atoms with Crippen molar-refractivity contribution in [3.63, 3.8) is 0 Å². The fourth-order valence-electron chi connectivity index (χ4n) is 1.11. The van der Waals surface area contributed by atoms with Crippen LogP contribution in [0.15, 0.2) is 12.1 Å². The monoisotopic (exact) mass is 244 g/mol. The lowest BCUT2D eigenvalue weighted by atomic mass is 10.3. The number of aryl methyl sites for hydroxylation is 1. The molecular formula is C9H16N4O2S. The zero-order valence-corrected chi connectivity index (χ0v) is 10.1. The van der Waals surface area contributed by atoms with Crippen molar-refractivity contribution < 1.29 is 8.42 Å². The fourth-order valence-corrected chi connectivity index (χ4v) is 1.69. The summed E-state index contributed by atoms with van der Waals surface area (Å²) in [4.78, 5) is 4.17. The molecule has 1 aromatic rings. The van der Waals surface area contributed by atoms with Crippen LogP contribution < -0.4 is 15.8 Å². The number of aromatic nitrogens is 1. The van der Waals surface area contributed by atoms with E-state index in [9.17, 15) is 8.42 Å². The van der Waals surface area contributed by atoms with Gasteiger partial charge in [-0.1, -0.05) is 0 Å². The first kappa shape index (κ1) is 12.7. The number of sulfonamides is 1. The molecule has 0 saturated heterocycles. The Morgan fingerprint density at radius 3 is 2.75 bits per heavy atom. The minimum Gasteiger partial charge on any atom is -0.396 e. The van der Waals surface area contributed by atoms with Crippen LogP contribution in [0.2, 0.25) is 0 Å². The van der Waals surface area contributed by atoms with Gasteiger partial charge in [0, 0.05) is 12.2 Å². The van der Waals surface area contributed by atoms with Crippen molar-refractivity contribution in [3.8, 4) is 0 Å². The number of hydrogen-bond donors (Lipinski definition) is 3. The number of nitrogens with two attached hydrogens (primary N) is 1. The van der Waals surface area contributed by atoms with Gasteiger partial charge in [0.15, 0.2) is 0 Å². The number of nitrogens with one attached hydrogen (secondary N) is 2. The molecule has 0 aliphatic heterocycles. The third-order valence-corrected chi connectivity index (χ3v) is 3.40. The molecule has 0 unspecified atom stereocenters. The Hall–Kier alpha value is -1.34. The summed E-state index contributed by atoms with van der Waals surface area (Å²) >= 11 is 0. The molecule has 1 heterocycles. The van der Waals surface area contributed by atoms with E-state index in [4.69, 9.17) is 5.73 Å². The van der Waals surface area contributed by atoms with Gasteiger partial charge in [0.1, 0.15) is 5.82 Å². The maximum Gasteiger partial charge on any atom is 0.213 e. The first-order valence-corrected chi connectivity index (χ1v) is 6.48. The van der Waals surface area contributed by atoms with Gasteiger partial charge >= 0.3 is 0 Å². The molecule has 0 amide bonds. The molecule has 0 spiro atoms. The molecule has 16 heavy (non-hydrogen) atoms. The van der Waals surface area contributed by atoms with Crippen LogP contribution in [0.4, 0.5) is 11.5 Å². The average Bonchev–Trinajstić information content (AvgIpc) is 2.23. The maximum atomic E-state index is 11.1. The largest absolute Gasteiger partial charge is 0.396 e. The third-order valence-electron chi connectivity index (χ3n) is 2.04. The maximum absolute atomic E-state index is 11.1. The number of rotatable bonds is 5. The summed E-state index contributed by atoms with van der Waals surface area (Å²) in [5.74, 6) is 0.504. The molecule has 1 aromatic heterocycles. The number of pyridine rings is 1. The number of nitrogens with zero attached hydrogens (tertiary/aromatic N) is 1. The molecule has 0 atom stereocenters. The summed E-state index contributed by atoms with van der Waals surface area (Å²) in [6.45, 7) is 2.11. The van der Waals surface area contributed by atoms with Gasteiger partial charge in [-0.2, -0.15) is 0 Å². The van der Waals surface area contributed by atoms with Gasteiger partial charge in [-0.3, -0.25) is 0 Å². The highest BCUT2D eigenvalue weighted by atomic mass is 32.2. The van der Waals surface area contributed by atoms with Crippen molar-refractivity contribution in [1.82, 2.24) is 9.71 Å². The molecule has 0 aliphatic rings. The summed E-state index contributed by atoms with van der Waals surface area (Å²) in [6, 6.07) is 3.53. The van der Waals surface area contributed by atoms with Crippen LogP contribution in [0.3, 0.4) is 0 Å². The molecule has 90 valence electrons. The summed E-state index contributed by atoms with van der Waals surface area (Å²) in [7, 11) is -1.81. The highest BCUT2D eigenvalue weighted by Gasteiger charge is 2.07. The molecule has 0 radical (unpaired) electrons. The molecule has 0 bridgehead atoms. The van der Waals surface area contributed by atoms with Crippen LogP contribution in [-0.2, 0) is 10.0 Å². The van der Waals surface area contributed by atoms with Gasteiger partial charge < -0.3 is 11.1 Å². The Kier molecular flexibility index (Phi) is 4.08. The standard InChI is InChI=1S/C9H16N4O2S/c1-7-3-4-8(10)9(13-7)12-5-6-16(14,15)11-2/h3-4,11H,5-6,10H2,1-2H3,(H,12,13). The first-order chi connectivity index (χ1) is 7.44. The molecular weight excluding hydrogens is 228 g/mol. The van der Waals surface area contributed by atoms with Crippen LogP contribution in [0.5, 0.6) is 0 Å². The Balaban J connectivity index is 2.59. The normalized spacial score (nSPS) is 11.4. The minimum absolute atomic E-state index is 0.0153. The van der Waals surface area contributed by atoms with E-state index >= 15 is 0 Å². The topological polar surface area (TPSA) is 97.1 Å². The van der Waals surface area contributed by atoms with Crippen molar-refractivity contribution in [1.29, 1.82) is 0 Å². The summed E-state index contributed by atoms with van der Waals surface area (Å²) in [5.41, 5.74) is 7.02. The fraction of sp³-hybridized carbons (Fsp3) is 0.444. The van der Waals surface area contributed by atoms with E-state index in [2.05, 4.69) is 15.0 Å². The molecule has 6 nitrogen and oxygen atoms in total. The second-order valence-electron chi connectivity index (χ2n) is 3.34. The Morgan fingerprint density at radius 2 is 2.12 bits per heavy atom. The summed E-state index contributed by atoms with van der Waals surface area (Å²) in [6.07, 6.45) is 0. The van der Waals surface area contributed by atoms with Gasteiger partial charge in [-0.05, 0) is 26.1 Å². The highest BCUT2D eigenvalue weighted by molar-refractivity contribution is 7.89. The SMILES string of the molecule is CNS(=O)(=O)CCNc1nc(C)ccc1N. The quantitative estimate of drug-likeness (QED) is 0.674. The molecule has 0 fully saturated rings. The van der Waals surface area contributed by atoms with E-state index in [-0.39, 0.29) is 12.3 Å². The zero-order chi connectivity index (χ0) is 12.2. The van der Waals surface area contributed by atoms with Gasteiger partial charge in [0.2, 0.25) is 10.0 Å². The summed E-state index contributed by atoms with van der Waals surface area (Å²) in [5, 5.41) is 2.89. The van der Waals surface area contributed by atoms with Crippen LogP contribution in [0, 0.1) is 6.92 Å². The number of nitrogen functional groups attached to an aromatic ring is 1. The van der Waals surface area contributed by atoms with Crippen molar-refractivity contribution in [2.75, 3.05) is 30.4 Å². The molecule has 0 aliphatic carbocycles. The Bertz CT molecular complexity index is 459. The first-order valence-electron chi connectivity index (χ1n) is 4.83. The van der Waals surface area contributed by atoms with E-state index in [0.717, 1.165) is 5.69 Å². The number of anilines is 2.